The maximum absolute atomic E-state index is 10.1. The molecule has 0 radical (unpaired) electrons. The van der Waals surface area contributed by atoms with Crippen molar-refractivity contribution in [3.05, 3.63) is 34.9 Å². The maximum Gasteiger partial charge on any atom is 0.216 e. The molecule has 0 bridgehead atoms. The smallest absolute Gasteiger partial charge is 0.216 e. The van der Waals surface area contributed by atoms with Crippen LogP contribution in [0.15, 0.2) is 18.2 Å². The first-order valence-corrected chi connectivity index (χ1v) is 7.11. The van der Waals surface area contributed by atoms with Crippen LogP contribution >= 0.6 is 69.6 Å². The molecule has 0 aromatic heterocycles. The number of benzene rings is 1. The molecule has 0 saturated carbocycles. The fourth-order valence-corrected chi connectivity index (χ4v) is 2.31. The van der Waals surface area contributed by atoms with E-state index in [-0.39, 0.29) is 5.56 Å². The highest BCUT2D eigenvalue weighted by atomic mass is 35.6. The molecule has 0 atom stereocenters. The number of hydrogen-bond acceptors (Lipinski definition) is 1. The monoisotopic (exact) mass is 368 g/mol. The lowest BCUT2D eigenvalue weighted by Gasteiger charge is -2.26. The highest BCUT2D eigenvalue weighted by Crippen LogP contribution is 2.46. The van der Waals surface area contributed by atoms with Gasteiger partial charge in [-0.2, -0.15) is 0 Å². The normalized spacial score (nSPS) is 13.8. The van der Waals surface area contributed by atoms with Gasteiger partial charge in [0.2, 0.25) is 7.59 Å². The Hall–Kier alpha value is 0.920. The molecule has 0 aliphatic heterocycles. The first-order valence-electron chi connectivity index (χ1n) is 4.85. The second-order valence-corrected chi connectivity index (χ2v) is 8.88. The van der Waals surface area contributed by atoms with Crippen molar-refractivity contribution in [3.63, 3.8) is 0 Å². The topological polar surface area (TPSA) is 20.2 Å². The van der Waals surface area contributed by atoms with Crippen molar-refractivity contribution in [3.8, 4) is 0 Å². The molecule has 0 aliphatic rings. The van der Waals surface area contributed by atoms with Crippen molar-refractivity contribution in [1.82, 2.24) is 0 Å². The third-order valence-electron chi connectivity index (χ3n) is 2.31. The second-order valence-electron chi connectivity index (χ2n) is 4.31. The van der Waals surface area contributed by atoms with Crippen LogP contribution in [0.2, 0.25) is 0 Å². The van der Waals surface area contributed by atoms with Crippen LogP contribution in [0.4, 0.5) is 0 Å². The molecule has 1 aromatic carbocycles. The lowest BCUT2D eigenvalue weighted by Crippen LogP contribution is -2.21. The summed E-state index contributed by atoms with van der Waals surface area (Å²) >= 11 is 35.0. The van der Waals surface area contributed by atoms with Crippen molar-refractivity contribution in [2.45, 2.75) is 27.0 Å². The number of hydrogen-bond donors (Lipinski definition) is 1. The Labute approximate surface area is 136 Å². The van der Waals surface area contributed by atoms with Crippen LogP contribution in [0.1, 0.15) is 30.5 Å². The summed E-state index contributed by atoms with van der Waals surface area (Å²) < 4.78 is -3.34. The first-order chi connectivity index (χ1) is 7.83. The van der Waals surface area contributed by atoms with E-state index in [4.69, 9.17) is 69.6 Å². The maximum atomic E-state index is 10.1. The zero-order chi connectivity index (χ0) is 14.4. The van der Waals surface area contributed by atoms with Crippen molar-refractivity contribution >= 4 is 69.6 Å². The molecule has 1 rings (SSSR count). The molecule has 0 spiro atoms. The largest absolute Gasteiger partial charge is 0.386 e. The fraction of sp³-hybridized carbons (Fsp3) is 0.455. The molecular formula is C11H10Cl6O. The zero-order valence-electron chi connectivity index (χ0n) is 9.45. The van der Waals surface area contributed by atoms with Gasteiger partial charge in [0.1, 0.15) is 0 Å². The van der Waals surface area contributed by atoms with E-state index in [0.717, 1.165) is 0 Å². The minimum atomic E-state index is -1.72. The van der Waals surface area contributed by atoms with E-state index in [9.17, 15) is 5.11 Å². The average molecular weight is 371 g/mol. The van der Waals surface area contributed by atoms with Crippen LogP contribution in [0, 0.1) is 0 Å². The molecule has 0 aliphatic carbocycles. The van der Waals surface area contributed by atoms with Gasteiger partial charge in [0.25, 0.3) is 0 Å². The van der Waals surface area contributed by atoms with E-state index < -0.39 is 13.2 Å². The van der Waals surface area contributed by atoms with Gasteiger partial charge < -0.3 is 5.11 Å². The Morgan fingerprint density at radius 2 is 1.33 bits per heavy atom. The summed E-state index contributed by atoms with van der Waals surface area (Å²) in [5, 5.41) is 10.1. The number of alkyl halides is 6. The Bertz CT molecular complexity index is 438. The van der Waals surface area contributed by atoms with E-state index in [1.54, 1.807) is 26.0 Å². The molecule has 0 unspecified atom stereocenters. The van der Waals surface area contributed by atoms with Crippen molar-refractivity contribution in [1.29, 1.82) is 0 Å². The third-order valence-corrected chi connectivity index (χ3v) is 3.58. The Morgan fingerprint density at radius 3 is 1.67 bits per heavy atom. The number of aliphatic hydroxyl groups is 1. The predicted octanol–water partition coefficient (Wildman–Crippen LogP) is 5.57. The average Bonchev–Trinajstić information content (AvgIpc) is 2.12. The first kappa shape index (κ1) is 17.0. The molecule has 0 heterocycles. The van der Waals surface area contributed by atoms with Gasteiger partial charge in [-0.3, -0.25) is 0 Å². The van der Waals surface area contributed by atoms with E-state index >= 15 is 0 Å². The highest BCUT2D eigenvalue weighted by Gasteiger charge is 2.34. The molecule has 7 heteroatoms. The summed E-state index contributed by atoms with van der Waals surface area (Å²) in [7, 11) is 0. The lowest BCUT2D eigenvalue weighted by atomic mass is 9.92. The molecule has 0 fully saturated rings. The molecule has 1 aromatic rings. The van der Waals surface area contributed by atoms with Crippen LogP contribution in [0.25, 0.3) is 0 Å². The standard InChI is InChI=1S/C11H10Cl6O/c1-9(2,18)7-4-3-6(10(12,13)14)5-8(7)11(15,16)17/h3-5,18H,1-2H3. The summed E-state index contributed by atoms with van der Waals surface area (Å²) in [4.78, 5) is 0. The number of rotatable bonds is 1. The summed E-state index contributed by atoms with van der Waals surface area (Å²) in [6.07, 6.45) is 0. The van der Waals surface area contributed by atoms with Gasteiger partial charge in [0.15, 0.2) is 0 Å². The SMILES string of the molecule is CC(C)(O)c1ccc(C(Cl)(Cl)Cl)cc1C(Cl)(Cl)Cl. The molecule has 18 heavy (non-hydrogen) atoms. The highest BCUT2D eigenvalue weighted by molar-refractivity contribution is 6.67. The van der Waals surface area contributed by atoms with Crippen molar-refractivity contribution < 1.29 is 5.11 Å². The van der Waals surface area contributed by atoms with Crippen molar-refractivity contribution in [2.24, 2.45) is 0 Å². The summed E-state index contributed by atoms with van der Waals surface area (Å²) in [6, 6.07) is 4.61. The van der Waals surface area contributed by atoms with Gasteiger partial charge >= 0.3 is 0 Å². The quantitative estimate of drug-likeness (QED) is 0.641. The summed E-state index contributed by atoms with van der Waals surface area (Å²) in [5.74, 6) is 0. The van der Waals surface area contributed by atoms with Crippen molar-refractivity contribution in [2.75, 3.05) is 0 Å². The lowest BCUT2D eigenvalue weighted by molar-refractivity contribution is 0.0776. The predicted molar refractivity (Wildman–Crippen MR) is 80.2 cm³/mol. The summed E-state index contributed by atoms with van der Waals surface area (Å²) in [6.45, 7) is 3.16. The van der Waals surface area contributed by atoms with E-state index in [1.807, 2.05) is 0 Å². The van der Waals surface area contributed by atoms with Gasteiger partial charge in [-0.25, -0.2) is 0 Å². The second kappa shape index (κ2) is 5.37. The van der Waals surface area contributed by atoms with E-state index in [0.29, 0.717) is 11.1 Å². The number of halogens is 6. The van der Waals surface area contributed by atoms with E-state index in [2.05, 4.69) is 0 Å². The zero-order valence-corrected chi connectivity index (χ0v) is 14.0. The van der Waals surface area contributed by atoms with Gasteiger partial charge in [-0.1, -0.05) is 81.7 Å². The van der Waals surface area contributed by atoms with E-state index in [1.165, 1.54) is 6.07 Å². The Balaban J connectivity index is 3.50. The van der Waals surface area contributed by atoms with Gasteiger partial charge in [-0.05, 0) is 25.5 Å². The molecule has 1 N–H and O–H groups in total. The molecule has 102 valence electrons. The van der Waals surface area contributed by atoms with Crippen LogP contribution in [0.5, 0.6) is 0 Å². The minimum absolute atomic E-state index is 0.281. The Morgan fingerprint density at radius 1 is 0.833 bits per heavy atom. The van der Waals surface area contributed by atoms with Crippen LogP contribution < -0.4 is 0 Å². The Kier molecular flexibility index (Phi) is 5.06. The molecule has 0 saturated heterocycles. The molecular weight excluding hydrogens is 361 g/mol. The fourth-order valence-electron chi connectivity index (χ4n) is 1.49. The van der Waals surface area contributed by atoms with Gasteiger partial charge in [0, 0.05) is 11.1 Å². The minimum Gasteiger partial charge on any atom is -0.386 e. The molecule has 0 amide bonds. The summed E-state index contributed by atoms with van der Waals surface area (Å²) in [5.41, 5.74) is -0.0723. The van der Waals surface area contributed by atoms with Crippen LogP contribution in [-0.4, -0.2) is 5.11 Å². The van der Waals surface area contributed by atoms with Crippen LogP contribution in [-0.2, 0) is 13.2 Å². The van der Waals surface area contributed by atoms with Gasteiger partial charge in [0.05, 0.1) is 5.60 Å². The third kappa shape index (κ3) is 4.21. The molecule has 1 nitrogen and oxygen atoms in total. The van der Waals surface area contributed by atoms with Crippen LogP contribution in [0.3, 0.4) is 0 Å². The van der Waals surface area contributed by atoms with Gasteiger partial charge in [-0.15, -0.1) is 0 Å².